The van der Waals surface area contributed by atoms with E-state index in [1.165, 1.54) is 26.4 Å². The molecule has 0 bridgehead atoms. The summed E-state index contributed by atoms with van der Waals surface area (Å²) < 4.78 is 23.6. The van der Waals surface area contributed by atoms with E-state index in [4.69, 9.17) is 21.1 Å². The summed E-state index contributed by atoms with van der Waals surface area (Å²) in [5, 5.41) is -0.0629. The van der Waals surface area contributed by atoms with Crippen molar-refractivity contribution in [2.75, 3.05) is 14.2 Å². The van der Waals surface area contributed by atoms with Gasteiger partial charge in [-0.2, -0.15) is 15.0 Å². The lowest BCUT2D eigenvalue weighted by atomic mass is 10.2. The minimum atomic E-state index is -0.515. The molecule has 7 heteroatoms. The summed E-state index contributed by atoms with van der Waals surface area (Å²) in [5.74, 6) is -0.00552. The molecule has 0 unspecified atom stereocenters. The summed E-state index contributed by atoms with van der Waals surface area (Å²) in [4.78, 5) is 11.5. The van der Waals surface area contributed by atoms with Crippen LogP contribution in [0.1, 0.15) is 0 Å². The molecule has 1 heterocycles. The van der Waals surface area contributed by atoms with E-state index in [9.17, 15) is 4.39 Å². The van der Waals surface area contributed by atoms with Crippen LogP contribution in [0.5, 0.6) is 11.8 Å². The largest absolute Gasteiger partial charge is 0.497 e. The number of methoxy groups -OCH3 is 2. The van der Waals surface area contributed by atoms with Crippen LogP contribution < -0.4 is 9.47 Å². The molecule has 0 N–H and O–H groups in total. The number of halogens is 2. The first-order valence-corrected chi connectivity index (χ1v) is 5.31. The molecule has 0 atom stereocenters. The normalized spacial score (nSPS) is 10.2. The zero-order chi connectivity index (χ0) is 13.1. The Morgan fingerprint density at radius 2 is 1.89 bits per heavy atom. The molecule has 0 aliphatic heterocycles. The first-order chi connectivity index (χ1) is 8.63. The van der Waals surface area contributed by atoms with Crippen molar-refractivity contribution in [2.45, 2.75) is 0 Å². The number of benzene rings is 1. The van der Waals surface area contributed by atoms with Gasteiger partial charge >= 0.3 is 6.01 Å². The maximum Gasteiger partial charge on any atom is 0.321 e. The lowest BCUT2D eigenvalue weighted by molar-refractivity contribution is 0.378. The van der Waals surface area contributed by atoms with Crippen LogP contribution in [0.15, 0.2) is 18.2 Å². The van der Waals surface area contributed by atoms with Crippen molar-refractivity contribution in [3.05, 3.63) is 29.3 Å². The third kappa shape index (κ3) is 2.48. The van der Waals surface area contributed by atoms with Crippen LogP contribution in [0.4, 0.5) is 4.39 Å². The van der Waals surface area contributed by atoms with Gasteiger partial charge in [0.25, 0.3) is 0 Å². The topological polar surface area (TPSA) is 57.1 Å². The van der Waals surface area contributed by atoms with Gasteiger partial charge in [-0.25, -0.2) is 4.39 Å². The first-order valence-electron chi connectivity index (χ1n) is 4.93. The van der Waals surface area contributed by atoms with E-state index in [-0.39, 0.29) is 22.7 Å². The Labute approximate surface area is 108 Å². The molecule has 1 aromatic carbocycles. The molecule has 18 heavy (non-hydrogen) atoms. The monoisotopic (exact) mass is 269 g/mol. The van der Waals surface area contributed by atoms with Gasteiger partial charge in [0.05, 0.1) is 19.8 Å². The fraction of sp³-hybridized carbons (Fsp3) is 0.182. The number of nitrogens with zero attached hydrogens (tertiary/aromatic N) is 3. The highest BCUT2D eigenvalue weighted by atomic mass is 35.5. The van der Waals surface area contributed by atoms with Gasteiger partial charge in [-0.3, -0.25) is 0 Å². The molecule has 94 valence electrons. The van der Waals surface area contributed by atoms with E-state index in [1.807, 2.05) is 0 Å². The molecule has 2 aromatic rings. The quantitative estimate of drug-likeness (QED) is 0.856. The lowest BCUT2D eigenvalue weighted by Crippen LogP contribution is -1.99. The van der Waals surface area contributed by atoms with Crippen molar-refractivity contribution in [1.29, 1.82) is 0 Å². The number of hydrogen-bond donors (Lipinski definition) is 0. The first kappa shape index (κ1) is 12.5. The average Bonchev–Trinajstić information content (AvgIpc) is 2.37. The Hall–Kier alpha value is -1.95. The van der Waals surface area contributed by atoms with E-state index in [1.54, 1.807) is 6.07 Å². The van der Waals surface area contributed by atoms with Crippen molar-refractivity contribution < 1.29 is 13.9 Å². The van der Waals surface area contributed by atoms with Gasteiger partial charge in [-0.1, -0.05) is 0 Å². The van der Waals surface area contributed by atoms with Crippen LogP contribution >= 0.6 is 11.6 Å². The maximum absolute atomic E-state index is 13.8. The van der Waals surface area contributed by atoms with Crippen LogP contribution in [-0.2, 0) is 0 Å². The molecule has 0 radical (unpaired) electrons. The van der Waals surface area contributed by atoms with Crippen LogP contribution in [0.25, 0.3) is 11.4 Å². The molecule has 0 saturated heterocycles. The molecule has 0 aliphatic rings. The summed E-state index contributed by atoms with van der Waals surface area (Å²) >= 11 is 5.70. The standard InChI is InChI=1S/C11H9ClFN3O2/c1-17-6-3-4-7(8(13)5-6)9-14-10(12)16-11(15-9)18-2/h3-5H,1-2H3. The van der Waals surface area contributed by atoms with Crippen LogP contribution in [0, 0.1) is 5.82 Å². The summed E-state index contributed by atoms with van der Waals surface area (Å²) in [6, 6.07) is 4.36. The molecular formula is C11H9ClFN3O2. The Balaban J connectivity index is 2.51. The highest BCUT2D eigenvalue weighted by Crippen LogP contribution is 2.25. The number of rotatable bonds is 3. The lowest BCUT2D eigenvalue weighted by Gasteiger charge is -2.05. The summed E-state index contributed by atoms with van der Waals surface area (Å²) in [5.41, 5.74) is 0.193. The Morgan fingerprint density at radius 3 is 2.50 bits per heavy atom. The summed E-state index contributed by atoms with van der Waals surface area (Å²) in [7, 11) is 2.84. The fourth-order valence-electron chi connectivity index (χ4n) is 1.35. The number of aromatic nitrogens is 3. The Bertz CT molecular complexity index is 580. The van der Waals surface area contributed by atoms with E-state index >= 15 is 0 Å². The van der Waals surface area contributed by atoms with E-state index in [0.29, 0.717) is 5.75 Å². The Morgan fingerprint density at radius 1 is 1.11 bits per heavy atom. The predicted octanol–water partition coefficient (Wildman–Crippen LogP) is 2.35. The van der Waals surface area contributed by atoms with Crippen molar-refractivity contribution >= 4 is 11.6 Å². The van der Waals surface area contributed by atoms with E-state index in [2.05, 4.69) is 15.0 Å². The Kier molecular flexibility index (Phi) is 3.57. The van der Waals surface area contributed by atoms with Gasteiger partial charge in [-0.05, 0) is 23.7 Å². The fourth-order valence-corrected chi connectivity index (χ4v) is 1.50. The zero-order valence-electron chi connectivity index (χ0n) is 9.65. The molecule has 5 nitrogen and oxygen atoms in total. The third-order valence-electron chi connectivity index (χ3n) is 2.19. The van der Waals surface area contributed by atoms with Gasteiger partial charge in [0.2, 0.25) is 5.28 Å². The molecule has 0 fully saturated rings. The molecule has 0 spiro atoms. The molecule has 2 rings (SSSR count). The van der Waals surface area contributed by atoms with Crippen LogP contribution in [0.2, 0.25) is 5.28 Å². The second-order valence-corrected chi connectivity index (χ2v) is 3.60. The molecular weight excluding hydrogens is 261 g/mol. The third-order valence-corrected chi connectivity index (χ3v) is 2.36. The van der Waals surface area contributed by atoms with Gasteiger partial charge in [-0.15, -0.1) is 0 Å². The SMILES string of the molecule is COc1ccc(-c2nc(Cl)nc(OC)n2)c(F)c1. The van der Waals surface area contributed by atoms with Crippen molar-refractivity contribution in [3.8, 4) is 23.1 Å². The van der Waals surface area contributed by atoms with Crippen molar-refractivity contribution in [3.63, 3.8) is 0 Å². The minimum absolute atomic E-state index is 0.0280. The molecule has 0 saturated carbocycles. The zero-order valence-corrected chi connectivity index (χ0v) is 10.4. The highest BCUT2D eigenvalue weighted by molar-refractivity contribution is 6.28. The van der Waals surface area contributed by atoms with Crippen LogP contribution in [0.3, 0.4) is 0 Å². The van der Waals surface area contributed by atoms with Gasteiger partial charge < -0.3 is 9.47 Å². The van der Waals surface area contributed by atoms with Crippen molar-refractivity contribution in [2.24, 2.45) is 0 Å². The average molecular weight is 270 g/mol. The number of ether oxygens (including phenoxy) is 2. The second-order valence-electron chi connectivity index (χ2n) is 3.26. The second kappa shape index (κ2) is 5.14. The van der Waals surface area contributed by atoms with E-state index < -0.39 is 5.82 Å². The predicted molar refractivity (Wildman–Crippen MR) is 63.3 cm³/mol. The van der Waals surface area contributed by atoms with E-state index in [0.717, 1.165) is 0 Å². The summed E-state index contributed by atoms with van der Waals surface area (Å²) in [6.45, 7) is 0. The van der Waals surface area contributed by atoms with Gasteiger partial charge in [0, 0.05) is 6.07 Å². The minimum Gasteiger partial charge on any atom is -0.497 e. The number of hydrogen-bond acceptors (Lipinski definition) is 5. The van der Waals surface area contributed by atoms with Gasteiger partial charge in [0.1, 0.15) is 11.6 Å². The van der Waals surface area contributed by atoms with Gasteiger partial charge in [0.15, 0.2) is 5.82 Å². The summed E-state index contributed by atoms with van der Waals surface area (Å²) in [6.07, 6.45) is 0. The molecule has 0 amide bonds. The highest BCUT2D eigenvalue weighted by Gasteiger charge is 2.12. The van der Waals surface area contributed by atoms with Crippen LogP contribution in [-0.4, -0.2) is 29.2 Å². The smallest absolute Gasteiger partial charge is 0.321 e. The molecule has 0 aliphatic carbocycles. The van der Waals surface area contributed by atoms with Crippen molar-refractivity contribution in [1.82, 2.24) is 15.0 Å². The molecule has 1 aromatic heterocycles. The maximum atomic E-state index is 13.8.